The fourth-order valence-corrected chi connectivity index (χ4v) is 6.03. The first-order chi connectivity index (χ1) is 19.0. The number of hydrogen-bond donors (Lipinski definition) is 4. The van der Waals surface area contributed by atoms with Crippen LogP contribution < -0.4 is 21.1 Å². The second-order valence-corrected chi connectivity index (χ2v) is 11.0. The molecule has 2 aromatic heterocycles. The summed E-state index contributed by atoms with van der Waals surface area (Å²) < 4.78 is 44.0. The molecule has 0 aliphatic heterocycles. The Hall–Kier alpha value is -3.03. The molecule has 5 N–H and O–H groups in total. The fourth-order valence-electron chi connectivity index (χ4n) is 5.46. The number of carbonyl (C=O) groups excluding carboxylic acids is 1. The Balaban J connectivity index is 1.50. The van der Waals surface area contributed by atoms with E-state index in [0.29, 0.717) is 55.2 Å². The molecule has 2 heterocycles. The number of nitrogens with zero attached hydrogens (tertiary/aromatic N) is 4. The van der Waals surface area contributed by atoms with Crippen molar-refractivity contribution < 1.29 is 27.8 Å². The van der Waals surface area contributed by atoms with Gasteiger partial charge in [-0.05, 0) is 51.4 Å². The Bertz CT molecular complexity index is 1370. The van der Waals surface area contributed by atoms with Crippen LogP contribution in [-0.4, -0.2) is 49.0 Å². The van der Waals surface area contributed by atoms with Crippen molar-refractivity contribution in [3.8, 4) is 5.75 Å². The van der Waals surface area contributed by atoms with Crippen LogP contribution in [0, 0.1) is 5.92 Å². The van der Waals surface area contributed by atoms with Gasteiger partial charge < -0.3 is 26.2 Å². The minimum Gasteiger partial charge on any atom is -0.406 e. The summed E-state index contributed by atoms with van der Waals surface area (Å²) in [6, 6.07) is 1.92. The number of rotatable bonds is 7. The molecule has 0 saturated heterocycles. The van der Waals surface area contributed by atoms with E-state index in [4.69, 9.17) is 33.9 Å². The minimum absolute atomic E-state index is 0.0243. The van der Waals surface area contributed by atoms with Gasteiger partial charge in [0.25, 0.3) is 0 Å². The first-order valence-corrected chi connectivity index (χ1v) is 13.7. The van der Waals surface area contributed by atoms with Crippen molar-refractivity contribution in [2.75, 3.05) is 10.6 Å². The number of benzene rings is 1. The number of nitrogens with one attached hydrogen (secondary N) is 2. The predicted octanol–water partition coefficient (Wildman–Crippen LogP) is 5.71. The Labute approximate surface area is 237 Å². The van der Waals surface area contributed by atoms with Crippen LogP contribution in [0.4, 0.5) is 30.8 Å². The van der Waals surface area contributed by atoms with Crippen LogP contribution in [0.5, 0.6) is 5.75 Å². The third kappa shape index (κ3) is 6.47. The average molecular weight is 602 g/mol. The summed E-state index contributed by atoms with van der Waals surface area (Å²) in [5.74, 6) is -0.423. The number of aliphatic hydroxyl groups is 1. The van der Waals surface area contributed by atoms with Gasteiger partial charge in [-0.15, -0.1) is 13.2 Å². The largest absolute Gasteiger partial charge is 0.573 e. The molecule has 2 atom stereocenters. The van der Waals surface area contributed by atoms with Gasteiger partial charge in [0.15, 0.2) is 5.65 Å². The van der Waals surface area contributed by atoms with Gasteiger partial charge in [0, 0.05) is 30.1 Å². The van der Waals surface area contributed by atoms with Crippen LogP contribution in [0.3, 0.4) is 0 Å². The Morgan fingerprint density at radius 3 is 2.42 bits per heavy atom. The van der Waals surface area contributed by atoms with Crippen molar-refractivity contribution in [2.45, 2.75) is 75.9 Å². The van der Waals surface area contributed by atoms with Crippen molar-refractivity contribution in [2.24, 2.45) is 11.7 Å². The number of ether oxygens (including phenoxy) is 1. The van der Waals surface area contributed by atoms with Crippen LogP contribution in [0.2, 0.25) is 10.0 Å². The normalized spacial score (nSPS) is 23.6. The molecule has 5 rings (SSSR count). The number of aromatic nitrogens is 4. The number of fused-ring (bicyclic) bond motifs is 1. The summed E-state index contributed by atoms with van der Waals surface area (Å²) in [6.07, 6.45) is 1.84. The maximum Gasteiger partial charge on any atom is 0.573 e. The van der Waals surface area contributed by atoms with Gasteiger partial charge in [0.2, 0.25) is 17.8 Å². The highest BCUT2D eigenvalue weighted by molar-refractivity contribution is 6.39. The second kappa shape index (κ2) is 11.5. The quantitative estimate of drug-likeness (QED) is 0.270. The van der Waals surface area contributed by atoms with Gasteiger partial charge in [0.05, 0.1) is 28.0 Å². The van der Waals surface area contributed by atoms with Crippen LogP contribution in [-0.2, 0) is 4.79 Å². The van der Waals surface area contributed by atoms with E-state index < -0.39 is 12.1 Å². The van der Waals surface area contributed by atoms with E-state index in [2.05, 4.69) is 25.3 Å². The highest BCUT2D eigenvalue weighted by atomic mass is 35.5. The van der Waals surface area contributed by atoms with E-state index in [-0.39, 0.29) is 45.7 Å². The van der Waals surface area contributed by atoms with E-state index in [1.165, 1.54) is 0 Å². The fraction of sp³-hybridized carbons (Fsp3) is 0.520. The molecule has 3 aromatic rings. The molecule has 0 spiro atoms. The second-order valence-electron chi connectivity index (χ2n) is 10.2. The predicted molar refractivity (Wildman–Crippen MR) is 144 cm³/mol. The zero-order chi connectivity index (χ0) is 28.6. The lowest BCUT2D eigenvalue weighted by Gasteiger charge is -2.29. The molecule has 1 amide bonds. The molecule has 2 fully saturated rings. The lowest BCUT2D eigenvalue weighted by molar-refractivity contribution is -0.274. The van der Waals surface area contributed by atoms with E-state index in [0.717, 1.165) is 31.4 Å². The van der Waals surface area contributed by atoms with Crippen molar-refractivity contribution in [3.05, 3.63) is 28.4 Å². The molecule has 0 bridgehead atoms. The number of nitrogens with two attached hydrogens (primary N) is 1. The van der Waals surface area contributed by atoms with Gasteiger partial charge >= 0.3 is 6.36 Å². The Kier molecular flexibility index (Phi) is 8.16. The number of hydrogen-bond acceptors (Lipinski definition) is 8. The SMILES string of the molecule is NC(=O)C1CCC(n2c(Nc3c(Cl)cc(OC(F)(F)F)cc3Cl)nc3cnc(N[C@@H]4CCCC(O)C4)nc32)CC1. The van der Waals surface area contributed by atoms with Gasteiger partial charge in [-0.3, -0.25) is 9.36 Å². The lowest BCUT2D eigenvalue weighted by Crippen LogP contribution is -2.30. The van der Waals surface area contributed by atoms with Crippen molar-refractivity contribution in [3.63, 3.8) is 0 Å². The summed E-state index contributed by atoms with van der Waals surface area (Å²) >= 11 is 12.6. The monoisotopic (exact) mass is 601 g/mol. The number of anilines is 3. The van der Waals surface area contributed by atoms with Crippen LogP contribution in [0.15, 0.2) is 18.3 Å². The summed E-state index contributed by atoms with van der Waals surface area (Å²) in [5, 5.41) is 16.2. The maximum atomic E-state index is 12.7. The molecule has 15 heteroatoms. The zero-order valence-electron chi connectivity index (χ0n) is 21.2. The lowest BCUT2D eigenvalue weighted by atomic mass is 9.85. The molecule has 216 valence electrons. The van der Waals surface area contributed by atoms with Crippen LogP contribution in [0.25, 0.3) is 11.2 Å². The van der Waals surface area contributed by atoms with E-state index in [1.54, 1.807) is 6.20 Å². The molecular formula is C25H28Cl2F3N7O3. The maximum absolute atomic E-state index is 12.7. The molecule has 0 radical (unpaired) electrons. The molecule has 2 saturated carbocycles. The number of alkyl halides is 3. The van der Waals surface area contributed by atoms with E-state index in [9.17, 15) is 23.1 Å². The van der Waals surface area contributed by atoms with Gasteiger partial charge in [-0.1, -0.05) is 23.2 Å². The Morgan fingerprint density at radius 1 is 1.10 bits per heavy atom. The van der Waals surface area contributed by atoms with Crippen molar-refractivity contribution in [1.82, 2.24) is 19.5 Å². The van der Waals surface area contributed by atoms with E-state index >= 15 is 0 Å². The minimum atomic E-state index is -4.90. The molecule has 40 heavy (non-hydrogen) atoms. The van der Waals surface area contributed by atoms with Crippen LogP contribution >= 0.6 is 23.2 Å². The van der Waals surface area contributed by atoms with Gasteiger partial charge in [0.1, 0.15) is 11.3 Å². The number of amides is 1. The standard InChI is InChI=1S/C25H28Cl2F3N7O3/c26-17-9-16(40-25(28,29)30)10-18(27)20(17)35-24-34-19-11-32-23(33-13-2-1-3-15(38)8-13)36-22(19)37(24)14-6-4-12(5-7-14)21(31)39/h9-15,38H,1-8H2,(H2,31,39)(H,34,35)(H,32,33,36)/t12?,13-,14?,15?/m1/s1. The first kappa shape index (κ1) is 28.5. The first-order valence-electron chi connectivity index (χ1n) is 13.0. The number of aliphatic hydroxyl groups excluding tert-OH is 1. The molecule has 2 aliphatic carbocycles. The zero-order valence-corrected chi connectivity index (χ0v) is 22.7. The summed E-state index contributed by atoms with van der Waals surface area (Å²) in [7, 11) is 0. The van der Waals surface area contributed by atoms with Gasteiger partial charge in [-0.25, -0.2) is 9.97 Å². The Morgan fingerprint density at radius 2 is 1.80 bits per heavy atom. The van der Waals surface area contributed by atoms with Crippen molar-refractivity contribution >= 4 is 57.9 Å². The molecule has 1 unspecified atom stereocenters. The van der Waals surface area contributed by atoms with E-state index in [1.807, 2.05) is 4.57 Å². The van der Waals surface area contributed by atoms with Crippen LogP contribution in [0.1, 0.15) is 57.4 Å². The summed E-state index contributed by atoms with van der Waals surface area (Å²) in [4.78, 5) is 25.5. The molecule has 10 nitrogen and oxygen atoms in total. The van der Waals surface area contributed by atoms with Gasteiger partial charge in [-0.2, -0.15) is 4.98 Å². The molecule has 1 aromatic carbocycles. The summed E-state index contributed by atoms with van der Waals surface area (Å²) in [6.45, 7) is 0. The summed E-state index contributed by atoms with van der Waals surface area (Å²) in [5.41, 5.74) is 6.66. The highest BCUT2D eigenvalue weighted by Gasteiger charge is 2.32. The number of primary amides is 1. The highest BCUT2D eigenvalue weighted by Crippen LogP contribution is 2.41. The molecular weight excluding hydrogens is 574 g/mol. The average Bonchev–Trinajstić information content (AvgIpc) is 3.22. The number of halogens is 5. The van der Waals surface area contributed by atoms with Crippen molar-refractivity contribution in [1.29, 1.82) is 0 Å². The third-order valence-corrected chi connectivity index (χ3v) is 7.96. The number of carbonyl (C=O) groups is 1. The number of imidazole rings is 1. The third-order valence-electron chi connectivity index (χ3n) is 7.36. The smallest absolute Gasteiger partial charge is 0.406 e. The topological polar surface area (TPSA) is 140 Å². The molecule has 2 aliphatic rings.